The van der Waals surface area contributed by atoms with Crippen molar-refractivity contribution < 1.29 is 17.6 Å². The highest BCUT2D eigenvalue weighted by Crippen LogP contribution is 2.57. The Balaban J connectivity index is 1.57. The molecule has 0 amide bonds. The van der Waals surface area contributed by atoms with E-state index >= 15 is 0 Å². The highest BCUT2D eigenvalue weighted by Gasteiger charge is 2.62. The van der Waals surface area contributed by atoms with Crippen LogP contribution in [0.2, 0.25) is 0 Å². The van der Waals surface area contributed by atoms with Crippen molar-refractivity contribution in [2.45, 2.75) is 19.0 Å². The molecule has 6 nitrogen and oxygen atoms in total. The molecule has 3 heterocycles. The molecule has 0 spiro atoms. The van der Waals surface area contributed by atoms with Crippen LogP contribution in [0.5, 0.6) is 0 Å². The van der Waals surface area contributed by atoms with Crippen molar-refractivity contribution in [3.63, 3.8) is 0 Å². The standard InChI is InChI=1S/C21H14F4N6/c1-30(15-4-2-3-13(9-15)5-6-20(7-8-20)21(23,24)25)18-16-10-14(22)11-26-17(16)31-12-27-29-19(31)28-18/h2-4,9-12H,7-8H2,1H3. The van der Waals surface area contributed by atoms with Crippen LogP contribution >= 0.6 is 0 Å². The molecule has 10 heteroatoms. The number of fused-ring (bicyclic) bond motifs is 3. The Labute approximate surface area is 173 Å². The molecule has 1 aliphatic carbocycles. The van der Waals surface area contributed by atoms with Crippen molar-refractivity contribution in [2.75, 3.05) is 11.9 Å². The molecule has 1 saturated carbocycles. The third kappa shape index (κ3) is 3.22. The molecule has 0 atom stereocenters. The zero-order valence-corrected chi connectivity index (χ0v) is 16.2. The Morgan fingerprint density at radius 1 is 1.19 bits per heavy atom. The fourth-order valence-electron chi connectivity index (χ4n) is 3.36. The van der Waals surface area contributed by atoms with Crippen LogP contribution in [0, 0.1) is 23.1 Å². The quantitative estimate of drug-likeness (QED) is 0.354. The first kappa shape index (κ1) is 19.2. The van der Waals surface area contributed by atoms with Crippen LogP contribution < -0.4 is 4.90 Å². The molecule has 31 heavy (non-hydrogen) atoms. The molecule has 0 radical (unpaired) electrons. The predicted octanol–water partition coefficient (Wildman–Crippen LogP) is 4.27. The van der Waals surface area contributed by atoms with Crippen LogP contribution in [0.4, 0.5) is 29.1 Å². The Morgan fingerprint density at radius 2 is 2.00 bits per heavy atom. The van der Waals surface area contributed by atoms with Crippen molar-refractivity contribution >= 4 is 28.3 Å². The molecule has 0 bridgehead atoms. The Bertz CT molecular complexity index is 1380. The van der Waals surface area contributed by atoms with Gasteiger partial charge in [0, 0.05) is 18.3 Å². The minimum Gasteiger partial charge on any atom is -0.329 e. The van der Waals surface area contributed by atoms with Crippen molar-refractivity contribution in [3.8, 4) is 11.8 Å². The average molecular weight is 426 g/mol. The topological polar surface area (TPSA) is 59.2 Å². The molecule has 4 aromatic rings. The number of hydrogen-bond donors (Lipinski definition) is 0. The van der Waals surface area contributed by atoms with Gasteiger partial charge in [-0.1, -0.05) is 17.9 Å². The fraction of sp³-hybridized carbons (Fsp3) is 0.238. The Kier molecular flexibility index (Phi) is 4.12. The third-order valence-corrected chi connectivity index (χ3v) is 5.33. The highest BCUT2D eigenvalue weighted by atomic mass is 19.4. The molecule has 156 valence electrons. The van der Waals surface area contributed by atoms with E-state index in [0.717, 1.165) is 6.20 Å². The van der Waals surface area contributed by atoms with E-state index in [0.29, 0.717) is 28.1 Å². The van der Waals surface area contributed by atoms with E-state index in [4.69, 9.17) is 0 Å². The summed E-state index contributed by atoms with van der Waals surface area (Å²) in [5, 5.41) is 8.20. The van der Waals surface area contributed by atoms with E-state index in [2.05, 4.69) is 32.0 Å². The van der Waals surface area contributed by atoms with Gasteiger partial charge in [0.15, 0.2) is 5.65 Å². The fourth-order valence-corrected chi connectivity index (χ4v) is 3.36. The van der Waals surface area contributed by atoms with Gasteiger partial charge in [-0.25, -0.2) is 13.8 Å². The maximum absolute atomic E-state index is 13.9. The molecule has 1 fully saturated rings. The summed E-state index contributed by atoms with van der Waals surface area (Å²) in [6, 6.07) is 8.07. The van der Waals surface area contributed by atoms with Gasteiger partial charge in [0.1, 0.15) is 23.4 Å². The van der Waals surface area contributed by atoms with Gasteiger partial charge in [-0.2, -0.15) is 18.2 Å². The summed E-state index contributed by atoms with van der Waals surface area (Å²) in [5.41, 5.74) is -0.410. The van der Waals surface area contributed by atoms with E-state index in [1.807, 2.05) is 0 Å². The lowest BCUT2D eigenvalue weighted by Crippen LogP contribution is -2.22. The van der Waals surface area contributed by atoms with Crippen molar-refractivity contribution in [1.29, 1.82) is 0 Å². The minimum absolute atomic E-state index is 0.0237. The smallest absolute Gasteiger partial charge is 0.329 e. The number of halogens is 4. The zero-order chi connectivity index (χ0) is 21.8. The second-order valence-electron chi connectivity index (χ2n) is 7.40. The summed E-state index contributed by atoms with van der Waals surface area (Å²) in [7, 11) is 1.71. The number of alkyl halides is 3. The summed E-state index contributed by atoms with van der Waals surface area (Å²) >= 11 is 0. The van der Waals surface area contributed by atoms with Crippen LogP contribution in [0.1, 0.15) is 18.4 Å². The molecule has 0 saturated heterocycles. The lowest BCUT2D eigenvalue weighted by atomic mass is 10.1. The van der Waals surface area contributed by atoms with Crippen LogP contribution in [0.3, 0.4) is 0 Å². The monoisotopic (exact) mass is 426 g/mol. The first-order chi connectivity index (χ1) is 14.8. The van der Waals surface area contributed by atoms with Crippen LogP contribution in [0.25, 0.3) is 16.8 Å². The van der Waals surface area contributed by atoms with E-state index in [1.54, 1.807) is 40.6 Å². The summed E-state index contributed by atoms with van der Waals surface area (Å²) in [6.07, 6.45) is -1.76. The largest absolute Gasteiger partial charge is 0.405 e. The van der Waals surface area contributed by atoms with E-state index < -0.39 is 17.4 Å². The lowest BCUT2D eigenvalue weighted by Gasteiger charge is -2.20. The second kappa shape index (κ2) is 6.63. The number of hydrogen-bond acceptors (Lipinski definition) is 5. The van der Waals surface area contributed by atoms with E-state index in [1.165, 1.54) is 12.4 Å². The maximum atomic E-state index is 13.9. The SMILES string of the molecule is CN(c1cccc(C#CC2(C(F)(F)F)CC2)c1)c1nc2nncn2c2ncc(F)cc12. The molecule has 0 aliphatic heterocycles. The van der Waals surface area contributed by atoms with Crippen molar-refractivity contribution in [2.24, 2.45) is 5.41 Å². The molecule has 0 N–H and O–H groups in total. The summed E-state index contributed by atoms with van der Waals surface area (Å²) in [6.45, 7) is 0. The van der Waals surface area contributed by atoms with E-state index in [-0.39, 0.29) is 18.6 Å². The first-order valence-corrected chi connectivity index (χ1v) is 9.36. The molecular formula is C21H14F4N6. The Morgan fingerprint density at radius 3 is 2.74 bits per heavy atom. The minimum atomic E-state index is -4.33. The maximum Gasteiger partial charge on any atom is 0.405 e. The zero-order valence-electron chi connectivity index (χ0n) is 16.2. The van der Waals surface area contributed by atoms with Crippen molar-refractivity contribution in [1.82, 2.24) is 24.6 Å². The molecule has 5 rings (SSSR count). The lowest BCUT2D eigenvalue weighted by molar-refractivity contribution is -0.168. The van der Waals surface area contributed by atoms with Crippen molar-refractivity contribution in [3.05, 3.63) is 54.2 Å². The number of nitrogens with zero attached hydrogens (tertiary/aromatic N) is 6. The summed E-state index contributed by atoms with van der Waals surface area (Å²) in [4.78, 5) is 10.3. The number of benzene rings is 1. The van der Waals surface area contributed by atoms with Gasteiger partial charge < -0.3 is 4.90 Å². The predicted molar refractivity (Wildman–Crippen MR) is 105 cm³/mol. The Hall–Kier alpha value is -3.74. The molecular weight excluding hydrogens is 412 g/mol. The van der Waals surface area contributed by atoms with Crippen LogP contribution in [-0.4, -0.2) is 37.8 Å². The van der Waals surface area contributed by atoms with Gasteiger partial charge in [-0.15, -0.1) is 10.2 Å². The van der Waals surface area contributed by atoms with Gasteiger partial charge in [0.2, 0.25) is 0 Å². The third-order valence-electron chi connectivity index (χ3n) is 5.33. The number of aromatic nitrogens is 5. The van der Waals surface area contributed by atoms with Gasteiger partial charge in [0.05, 0.1) is 11.6 Å². The molecule has 1 aromatic carbocycles. The normalized spacial score (nSPS) is 15.0. The molecule has 3 aromatic heterocycles. The summed E-state index contributed by atoms with van der Waals surface area (Å²) < 4.78 is 54.9. The van der Waals surface area contributed by atoms with Gasteiger partial charge in [0.25, 0.3) is 5.78 Å². The van der Waals surface area contributed by atoms with E-state index in [9.17, 15) is 17.6 Å². The molecule has 0 unspecified atom stereocenters. The average Bonchev–Trinajstić information content (AvgIpc) is 3.41. The van der Waals surface area contributed by atoms with Gasteiger partial charge in [-0.05, 0) is 37.1 Å². The van der Waals surface area contributed by atoms with Gasteiger partial charge >= 0.3 is 6.18 Å². The number of pyridine rings is 1. The van der Waals surface area contributed by atoms with Crippen LogP contribution in [0.15, 0.2) is 42.9 Å². The number of anilines is 2. The van der Waals surface area contributed by atoms with Gasteiger partial charge in [-0.3, -0.25) is 0 Å². The number of rotatable bonds is 2. The molecule has 1 aliphatic rings. The summed E-state index contributed by atoms with van der Waals surface area (Å²) in [5.74, 6) is 5.19. The second-order valence-corrected chi connectivity index (χ2v) is 7.40. The highest BCUT2D eigenvalue weighted by molar-refractivity contribution is 5.91. The first-order valence-electron chi connectivity index (χ1n) is 9.36. The van der Waals surface area contributed by atoms with Crippen LogP contribution in [-0.2, 0) is 0 Å².